The van der Waals surface area contributed by atoms with Crippen molar-refractivity contribution in [3.8, 4) is 0 Å². The Morgan fingerprint density at radius 2 is 1.64 bits per heavy atom. The number of carbonyl (C=O) groups is 2. The summed E-state index contributed by atoms with van der Waals surface area (Å²) in [6.45, 7) is 6.23. The van der Waals surface area contributed by atoms with Gasteiger partial charge in [0.2, 0.25) is 5.91 Å². The number of nitrogens with one attached hydrogen (secondary N) is 2. The first-order valence-electron chi connectivity index (χ1n) is 7.29. The summed E-state index contributed by atoms with van der Waals surface area (Å²) in [7, 11) is 0. The normalized spacial score (nSPS) is 11.2. The molecule has 0 fully saturated rings. The van der Waals surface area contributed by atoms with Crippen LogP contribution >= 0.6 is 0 Å². The third-order valence-corrected chi connectivity index (χ3v) is 2.55. The van der Waals surface area contributed by atoms with Crippen molar-refractivity contribution in [2.75, 3.05) is 13.1 Å². The Labute approximate surface area is 131 Å². The van der Waals surface area contributed by atoms with E-state index in [-0.39, 0.29) is 5.91 Å². The van der Waals surface area contributed by atoms with Gasteiger partial charge >= 0.3 is 6.09 Å². The molecular formula is C17H24N2O3. The van der Waals surface area contributed by atoms with Gasteiger partial charge in [0.25, 0.3) is 0 Å². The van der Waals surface area contributed by atoms with E-state index in [1.165, 1.54) is 0 Å². The van der Waals surface area contributed by atoms with Gasteiger partial charge < -0.3 is 15.4 Å². The van der Waals surface area contributed by atoms with Crippen LogP contribution in [0.3, 0.4) is 0 Å². The molecule has 0 aromatic heterocycles. The minimum atomic E-state index is -0.501. The average Bonchev–Trinajstić information content (AvgIpc) is 2.42. The maximum Gasteiger partial charge on any atom is 0.407 e. The van der Waals surface area contributed by atoms with E-state index in [0.717, 1.165) is 5.56 Å². The van der Waals surface area contributed by atoms with E-state index in [4.69, 9.17) is 4.74 Å². The Hall–Kier alpha value is -2.30. The van der Waals surface area contributed by atoms with Crippen molar-refractivity contribution < 1.29 is 14.3 Å². The van der Waals surface area contributed by atoms with Crippen LogP contribution in [0.1, 0.15) is 26.3 Å². The third kappa shape index (κ3) is 8.79. The van der Waals surface area contributed by atoms with Crippen molar-refractivity contribution in [3.63, 3.8) is 0 Å². The molecule has 0 unspecified atom stereocenters. The summed E-state index contributed by atoms with van der Waals surface area (Å²) >= 11 is 0. The van der Waals surface area contributed by atoms with E-state index in [2.05, 4.69) is 10.6 Å². The fourth-order valence-corrected chi connectivity index (χ4v) is 1.64. The first kappa shape index (κ1) is 17.8. The predicted octanol–water partition coefficient (Wildman–Crippen LogP) is 2.43. The molecule has 1 aromatic carbocycles. The summed E-state index contributed by atoms with van der Waals surface area (Å²) in [5.41, 5.74) is 0.481. The van der Waals surface area contributed by atoms with Gasteiger partial charge in [-0.2, -0.15) is 0 Å². The molecule has 0 heterocycles. The van der Waals surface area contributed by atoms with Gasteiger partial charge in [-0.25, -0.2) is 4.79 Å². The number of benzene rings is 1. The van der Waals surface area contributed by atoms with Crippen molar-refractivity contribution >= 4 is 12.0 Å². The molecule has 5 nitrogen and oxygen atoms in total. The molecule has 0 aliphatic carbocycles. The Morgan fingerprint density at radius 3 is 2.23 bits per heavy atom. The quantitative estimate of drug-likeness (QED) is 0.793. The Bertz CT molecular complexity index is 504. The van der Waals surface area contributed by atoms with E-state index >= 15 is 0 Å². The van der Waals surface area contributed by atoms with Crippen LogP contribution < -0.4 is 10.6 Å². The second kappa shape index (κ2) is 8.87. The maximum absolute atomic E-state index is 11.7. The second-order valence-electron chi connectivity index (χ2n) is 5.82. The highest BCUT2D eigenvalue weighted by Crippen LogP contribution is 2.06. The summed E-state index contributed by atoms with van der Waals surface area (Å²) in [6, 6.07) is 9.57. The molecule has 1 rings (SSSR count). The van der Waals surface area contributed by atoms with Crippen LogP contribution in [0.15, 0.2) is 42.5 Å². The molecule has 2 amide bonds. The van der Waals surface area contributed by atoms with Gasteiger partial charge in [-0.05, 0) is 26.3 Å². The predicted molar refractivity (Wildman–Crippen MR) is 86.5 cm³/mol. The number of amides is 2. The molecule has 0 radical (unpaired) electrons. The Kier molecular flexibility index (Phi) is 7.16. The van der Waals surface area contributed by atoms with Gasteiger partial charge in [0.15, 0.2) is 0 Å². The molecule has 2 N–H and O–H groups in total. The zero-order valence-corrected chi connectivity index (χ0v) is 13.4. The number of carbonyl (C=O) groups excluding carboxylic acids is 2. The number of rotatable bonds is 6. The van der Waals surface area contributed by atoms with Crippen molar-refractivity contribution in [3.05, 3.63) is 48.0 Å². The van der Waals surface area contributed by atoms with Crippen LogP contribution in [0.2, 0.25) is 0 Å². The van der Waals surface area contributed by atoms with E-state index in [1.54, 1.807) is 12.2 Å². The zero-order valence-electron chi connectivity index (χ0n) is 13.4. The highest BCUT2D eigenvalue weighted by atomic mass is 16.6. The van der Waals surface area contributed by atoms with Gasteiger partial charge in [-0.15, -0.1) is 0 Å². The lowest BCUT2D eigenvalue weighted by atomic mass is 10.1. The first-order valence-corrected chi connectivity index (χ1v) is 7.29. The molecular weight excluding hydrogens is 280 g/mol. The van der Waals surface area contributed by atoms with Crippen LogP contribution in [0.5, 0.6) is 0 Å². The monoisotopic (exact) mass is 304 g/mol. The summed E-state index contributed by atoms with van der Waals surface area (Å²) in [6.07, 6.45) is 3.47. The summed E-state index contributed by atoms with van der Waals surface area (Å²) in [5.74, 6) is -0.0315. The van der Waals surface area contributed by atoms with Crippen molar-refractivity contribution in [1.82, 2.24) is 10.6 Å². The van der Waals surface area contributed by atoms with Crippen LogP contribution in [-0.2, 0) is 16.0 Å². The lowest BCUT2D eigenvalue weighted by molar-refractivity contribution is -0.120. The highest BCUT2D eigenvalue weighted by molar-refractivity contribution is 5.78. The van der Waals surface area contributed by atoms with E-state index < -0.39 is 11.7 Å². The van der Waals surface area contributed by atoms with Crippen molar-refractivity contribution in [2.45, 2.75) is 32.8 Å². The average molecular weight is 304 g/mol. The number of ether oxygens (including phenoxy) is 1. The number of alkyl carbamates (subject to hydrolysis) is 1. The van der Waals surface area contributed by atoms with Gasteiger partial charge in [-0.3, -0.25) is 4.79 Å². The molecule has 0 spiro atoms. The van der Waals surface area contributed by atoms with Crippen molar-refractivity contribution in [1.29, 1.82) is 0 Å². The van der Waals surface area contributed by atoms with Crippen LogP contribution in [0.25, 0.3) is 0 Å². The third-order valence-electron chi connectivity index (χ3n) is 2.55. The standard InChI is InChI=1S/C17H24N2O3/c1-17(2,3)22-16(21)19-12-8-7-11-18-15(20)13-14-9-5-4-6-10-14/h4-10H,11-13H2,1-3H3,(H,18,20)(H,19,21)/b8-7+. The fourth-order valence-electron chi connectivity index (χ4n) is 1.64. The summed E-state index contributed by atoms with van der Waals surface area (Å²) < 4.78 is 5.10. The zero-order chi connectivity index (χ0) is 16.4. The lowest BCUT2D eigenvalue weighted by Gasteiger charge is -2.19. The largest absolute Gasteiger partial charge is 0.444 e. The molecule has 5 heteroatoms. The van der Waals surface area contributed by atoms with E-state index in [9.17, 15) is 9.59 Å². The maximum atomic E-state index is 11.7. The molecule has 0 aliphatic heterocycles. The molecule has 1 aromatic rings. The smallest absolute Gasteiger partial charge is 0.407 e. The Morgan fingerprint density at radius 1 is 1.05 bits per heavy atom. The molecule has 0 aliphatic rings. The minimum Gasteiger partial charge on any atom is -0.444 e. The first-order chi connectivity index (χ1) is 10.4. The summed E-state index contributed by atoms with van der Waals surface area (Å²) in [4.78, 5) is 23.0. The molecule has 120 valence electrons. The topological polar surface area (TPSA) is 67.4 Å². The van der Waals surface area contributed by atoms with Gasteiger partial charge in [0.1, 0.15) is 5.60 Å². The lowest BCUT2D eigenvalue weighted by Crippen LogP contribution is -2.32. The second-order valence-corrected chi connectivity index (χ2v) is 5.82. The molecule has 22 heavy (non-hydrogen) atoms. The van der Waals surface area contributed by atoms with Crippen LogP contribution in [0, 0.1) is 0 Å². The van der Waals surface area contributed by atoms with Crippen LogP contribution in [0.4, 0.5) is 4.79 Å². The Balaban J connectivity index is 2.13. The van der Waals surface area contributed by atoms with Gasteiger partial charge in [0, 0.05) is 13.1 Å². The minimum absolute atomic E-state index is 0.0315. The fraction of sp³-hybridized carbons (Fsp3) is 0.412. The van der Waals surface area contributed by atoms with Crippen molar-refractivity contribution in [2.24, 2.45) is 0 Å². The van der Waals surface area contributed by atoms with E-state index in [0.29, 0.717) is 19.5 Å². The molecule has 0 atom stereocenters. The van der Waals surface area contributed by atoms with Crippen LogP contribution in [-0.4, -0.2) is 30.7 Å². The highest BCUT2D eigenvalue weighted by Gasteiger charge is 2.14. The van der Waals surface area contributed by atoms with Gasteiger partial charge in [0.05, 0.1) is 6.42 Å². The molecule has 0 bridgehead atoms. The molecule has 0 saturated heterocycles. The number of hydrogen-bond acceptors (Lipinski definition) is 3. The summed E-state index contributed by atoms with van der Waals surface area (Å²) in [5, 5.41) is 5.39. The SMILES string of the molecule is CC(C)(C)OC(=O)NC/C=C/CNC(=O)Cc1ccccc1. The molecule has 0 saturated carbocycles. The van der Waals surface area contributed by atoms with Gasteiger partial charge in [-0.1, -0.05) is 42.5 Å². The number of hydrogen-bond donors (Lipinski definition) is 2. The van der Waals surface area contributed by atoms with E-state index in [1.807, 2.05) is 51.1 Å².